The van der Waals surface area contributed by atoms with Gasteiger partial charge in [-0.3, -0.25) is 9.79 Å². The second kappa shape index (κ2) is 8.34. The minimum Gasteiger partial charge on any atom is -0.385 e. The van der Waals surface area contributed by atoms with E-state index in [9.17, 15) is 35.5 Å². The number of ether oxygens (including phenoxy) is 1. The third-order valence-electron chi connectivity index (χ3n) is 5.02. The molecule has 0 fully saturated rings. The fourth-order valence-corrected chi connectivity index (χ4v) is 3.19. The molecule has 1 amide bonds. The largest absolute Gasteiger partial charge is 0.424 e. The molecule has 2 atom stereocenters. The van der Waals surface area contributed by atoms with Gasteiger partial charge in [0.05, 0.1) is 17.2 Å². The van der Waals surface area contributed by atoms with E-state index in [4.69, 9.17) is 22.1 Å². The molecule has 3 rings (SSSR count). The Balaban J connectivity index is 1.91. The van der Waals surface area contributed by atoms with Gasteiger partial charge in [-0.2, -0.15) is 26.3 Å². The van der Waals surface area contributed by atoms with E-state index in [1.165, 1.54) is 6.92 Å². The first-order valence-electron chi connectivity index (χ1n) is 9.25. The topological polar surface area (TPSA) is 102 Å². The van der Waals surface area contributed by atoms with Crippen LogP contribution in [0.5, 0.6) is 0 Å². The van der Waals surface area contributed by atoms with Gasteiger partial charge in [0.25, 0.3) is 5.91 Å². The van der Waals surface area contributed by atoms with Gasteiger partial charge in [0.2, 0.25) is 5.60 Å². The maximum absolute atomic E-state index is 14.5. The van der Waals surface area contributed by atoms with Crippen molar-refractivity contribution in [3.05, 3.63) is 52.2 Å². The number of anilines is 1. The Labute approximate surface area is 192 Å². The molecule has 1 aliphatic rings. The summed E-state index contributed by atoms with van der Waals surface area (Å²) in [6, 6.07) is 2.37. The second-order valence-corrected chi connectivity index (χ2v) is 8.03. The SMILES string of the molecule is C[C@]1(c2nc(NC(=O)c3ncc(C(F)(F)F)cc3Cl)ccc2F)CO[C@](C)(C(F)(F)F)C(N)=N1. The first kappa shape index (κ1) is 25.6. The van der Waals surface area contributed by atoms with E-state index < -0.39 is 69.6 Å². The highest BCUT2D eigenvalue weighted by molar-refractivity contribution is 6.34. The van der Waals surface area contributed by atoms with Crippen LogP contribution in [0, 0.1) is 5.82 Å². The van der Waals surface area contributed by atoms with Crippen molar-refractivity contribution < 1.29 is 40.3 Å². The van der Waals surface area contributed by atoms with E-state index in [0.717, 1.165) is 12.1 Å². The van der Waals surface area contributed by atoms with E-state index in [2.05, 4.69) is 20.3 Å². The summed E-state index contributed by atoms with van der Waals surface area (Å²) in [6.45, 7) is 1.14. The smallest absolute Gasteiger partial charge is 0.385 e. The van der Waals surface area contributed by atoms with Gasteiger partial charge in [-0.15, -0.1) is 0 Å². The van der Waals surface area contributed by atoms with Crippen LogP contribution in [0.15, 0.2) is 29.4 Å². The first-order valence-corrected chi connectivity index (χ1v) is 9.63. The van der Waals surface area contributed by atoms with Crippen LogP contribution in [0.25, 0.3) is 0 Å². The van der Waals surface area contributed by atoms with Gasteiger partial charge in [0.15, 0.2) is 0 Å². The quantitative estimate of drug-likeness (QED) is 0.590. The number of nitrogens with zero attached hydrogens (tertiary/aromatic N) is 3. The van der Waals surface area contributed by atoms with Crippen LogP contribution in [0.4, 0.5) is 36.6 Å². The Morgan fingerprint density at radius 2 is 1.85 bits per heavy atom. The molecule has 0 spiro atoms. The molecule has 0 bridgehead atoms. The Morgan fingerprint density at radius 3 is 2.38 bits per heavy atom. The lowest BCUT2D eigenvalue weighted by Gasteiger charge is -2.40. The molecule has 0 aliphatic carbocycles. The summed E-state index contributed by atoms with van der Waals surface area (Å²) in [7, 11) is 0. The number of halogens is 8. The number of amides is 1. The van der Waals surface area contributed by atoms with Crippen molar-refractivity contribution >= 4 is 29.2 Å². The zero-order valence-corrected chi connectivity index (χ0v) is 18.0. The van der Waals surface area contributed by atoms with E-state index in [1.807, 2.05) is 0 Å². The second-order valence-electron chi connectivity index (χ2n) is 7.62. The van der Waals surface area contributed by atoms with E-state index in [0.29, 0.717) is 19.2 Å². The maximum Gasteiger partial charge on any atom is 0.424 e. The molecule has 2 aromatic heterocycles. The molecular weight excluding hydrogens is 499 g/mol. The molecule has 0 radical (unpaired) electrons. The molecule has 1 aliphatic heterocycles. The highest BCUT2D eigenvalue weighted by atomic mass is 35.5. The van der Waals surface area contributed by atoms with E-state index in [-0.39, 0.29) is 5.82 Å². The van der Waals surface area contributed by atoms with Crippen molar-refractivity contribution in [3.63, 3.8) is 0 Å². The van der Waals surface area contributed by atoms with Crippen molar-refractivity contribution in [1.29, 1.82) is 0 Å². The average molecular weight is 514 g/mol. The van der Waals surface area contributed by atoms with Crippen molar-refractivity contribution in [2.75, 3.05) is 11.9 Å². The van der Waals surface area contributed by atoms with Crippen LogP contribution < -0.4 is 11.1 Å². The number of rotatable bonds is 3. The highest BCUT2D eigenvalue weighted by Crippen LogP contribution is 2.41. The molecule has 3 heterocycles. The molecule has 184 valence electrons. The summed E-state index contributed by atoms with van der Waals surface area (Å²) in [5.41, 5.74) is -1.42. The molecule has 2 aromatic rings. The summed E-state index contributed by atoms with van der Waals surface area (Å²) >= 11 is 5.73. The lowest BCUT2D eigenvalue weighted by Crippen LogP contribution is -2.60. The van der Waals surface area contributed by atoms with Crippen molar-refractivity contribution in [1.82, 2.24) is 9.97 Å². The number of alkyl halides is 6. The summed E-state index contributed by atoms with van der Waals surface area (Å²) in [5, 5.41) is 1.58. The van der Waals surface area contributed by atoms with E-state index in [1.54, 1.807) is 0 Å². The average Bonchev–Trinajstić information content (AvgIpc) is 2.70. The van der Waals surface area contributed by atoms with Crippen molar-refractivity contribution in [3.8, 4) is 0 Å². The highest BCUT2D eigenvalue weighted by Gasteiger charge is 2.59. The molecule has 0 unspecified atom stereocenters. The van der Waals surface area contributed by atoms with Gasteiger partial charge in [0, 0.05) is 6.20 Å². The number of aromatic nitrogens is 2. The van der Waals surface area contributed by atoms with Gasteiger partial charge in [-0.05, 0) is 32.0 Å². The zero-order valence-electron chi connectivity index (χ0n) is 17.3. The zero-order chi connectivity index (χ0) is 25.7. The normalized spacial score (nSPS) is 23.4. The number of hydrogen-bond donors (Lipinski definition) is 2. The third kappa shape index (κ3) is 4.64. The lowest BCUT2D eigenvalue weighted by molar-refractivity contribution is -0.249. The molecule has 7 nitrogen and oxygen atoms in total. The van der Waals surface area contributed by atoms with Gasteiger partial charge < -0.3 is 15.8 Å². The van der Waals surface area contributed by atoms with Crippen LogP contribution in [0.2, 0.25) is 5.02 Å². The monoisotopic (exact) mass is 513 g/mol. The Bertz CT molecular complexity index is 1170. The number of amidine groups is 1. The number of nitrogens with two attached hydrogens (primary N) is 1. The standard InChI is InChI=1S/C19H15ClF7N5O2/c1-16(7-34-17(2,15(28)32-16)19(25,26)27)13-10(21)3-4-11(30-13)31-14(33)12-9(20)5-8(6-29-12)18(22,23)24/h3-6H,7H2,1-2H3,(H2,28,32)(H,30,31,33)/t16-,17+/m1/s1. The minimum absolute atomic E-state index is 0.307. The molecule has 34 heavy (non-hydrogen) atoms. The predicted octanol–water partition coefficient (Wildman–Crippen LogP) is 4.46. The molecule has 15 heteroatoms. The van der Waals surface area contributed by atoms with Crippen LogP contribution >= 0.6 is 11.6 Å². The number of hydrogen-bond acceptors (Lipinski definition) is 6. The number of pyridine rings is 2. The van der Waals surface area contributed by atoms with Gasteiger partial charge in [0.1, 0.15) is 34.4 Å². The van der Waals surface area contributed by atoms with Crippen LogP contribution in [0.3, 0.4) is 0 Å². The van der Waals surface area contributed by atoms with Crippen LogP contribution in [0.1, 0.15) is 35.6 Å². The van der Waals surface area contributed by atoms with E-state index >= 15 is 0 Å². The van der Waals surface area contributed by atoms with Gasteiger partial charge in [-0.1, -0.05) is 11.6 Å². The number of carbonyl (C=O) groups is 1. The van der Waals surface area contributed by atoms with Gasteiger partial charge >= 0.3 is 12.4 Å². The summed E-state index contributed by atoms with van der Waals surface area (Å²) < 4.78 is 97.6. The predicted molar refractivity (Wildman–Crippen MR) is 106 cm³/mol. The minimum atomic E-state index is -4.89. The molecule has 0 saturated carbocycles. The van der Waals surface area contributed by atoms with Crippen LogP contribution in [-0.2, 0) is 16.5 Å². The summed E-state index contributed by atoms with van der Waals surface area (Å²) in [6.07, 6.45) is -9.22. The van der Waals surface area contributed by atoms with Crippen molar-refractivity contribution in [2.24, 2.45) is 10.7 Å². The third-order valence-corrected chi connectivity index (χ3v) is 5.31. The first-order chi connectivity index (χ1) is 15.5. The number of aliphatic imine (C=N–C) groups is 1. The number of nitrogens with one attached hydrogen (secondary N) is 1. The Kier molecular flexibility index (Phi) is 6.28. The molecular formula is C19H15ClF7N5O2. The van der Waals surface area contributed by atoms with Gasteiger partial charge in [-0.25, -0.2) is 14.4 Å². The fourth-order valence-electron chi connectivity index (χ4n) is 2.94. The molecule has 0 aromatic carbocycles. The Morgan fingerprint density at radius 1 is 1.21 bits per heavy atom. The maximum atomic E-state index is 14.5. The lowest BCUT2D eigenvalue weighted by atomic mass is 9.93. The number of carbonyl (C=O) groups excluding carboxylic acids is 1. The molecule has 0 saturated heterocycles. The van der Waals surface area contributed by atoms with Crippen LogP contribution in [-0.4, -0.2) is 40.1 Å². The summed E-state index contributed by atoms with van der Waals surface area (Å²) in [5.74, 6) is -3.31. The Hall–Kier alpha value is -3.00. The summed E-state index contributed by atoms with van der Waals surface area (Å²) in [4.78, 5) is 23.5. The van der Waals surface area contributed by atoms with Crippen molar-refractivity contribution in [2.45, 2.75) is 37.3 Å². The molecule has 3 N–H and O–H groups in total. The fraction of sp³-hybridized carbons (Fsp3) is 0.368.